The summed E-state index contributed by atoms with van der Waals surface area (Å²) in [4.78, 5) is 0. The molecule has 109 heavy (non-hydrogen) atoms. The zero-order valence-electron chi connectivity index (χ0n) is 66.1. The zero-order chi connectivity index (χ0) is 80.1. The number of aryl methyl sites for hydroxylation is 1. The van der Waals surface area contributed by atoms with Crippen LogP contribution in [0, 0.1) is 18.8 Å². The van der Waals surface area contributed by atoms with Gasteiger partial charge >= 0.3 is 0 Å². The minimum atomic E-state index is -0.176. The highest BCUT2D eigenvalue weighted by Crippen LogP contribution is 2.47. The highest BCUT2D eigenvalue weighted by Gasteiger charge is 2.37. The molecular formula is C98H121Br2N9. The van der Waals surface area contributed by atoms with Crippen molar-refractivity contribution in [2.75, 3.05) is 51.6 Å². The molecule has 0 heterocycles. The summed E-state index contributed by atoms with van der Waals surface area (Å²) in [5, 5.41) is 0. The Bertz CT molecular complexity index is 4280. The number of halogens is 2. The third-order valence-electron chi connectivity index (χ3n) is 21.8. The number of hydrogen-bond acceptors (Lipinski definition) is 9. The van der Waals surface area contributed by atoms with E-state index in [9.17, 15) is 0 Å². The molecule has 10 rings (SSSR count). The Morgan fingerprint density at radius 2 is 0.670 bits per heavy atom. The van der Waals surface area contributed by atoms with Gasteiger partial charge in [0.2, 0.25) is 0 Å². The third kappa shape index (κ3) is 22.7. The predicted molar refractivity (Wildman–Crippen MR) is 486 cm³/mol. The Balaban J connectivity index is 0.000000213. The van der Waals surface area contributed by atoms with E-state index in [4.69, 9.17) is 51.6 Å². The Hall–Kier alpha value is -10.2. The maximum atomic E-state index is 5.97. The van der Waals surface area contributed by atoms with E-state index in [1.165, 1.54) is 74.0 Å². The minimum absolute atomic E-state index is 0.00380. The van der Waals surface area contributed by atoms with Crippen LogP contribution in [0.5, 0.6) is 0 Å². The van der Waals surface area contributed by atoms with E-state index in [0.29, 0.717) is 11.8 Å². The fraction of sp³-hybridized carbons (Fsp3) is 0.265. The van der Waals surface area contributed by atoms with Crippen LogP contribution >= 0.6 is 31.9 Å². The fourth-order valence-corrected chi connectivity index (χ4v) is 15.6. The van der Waals surface area contributed by atoms with Crippen LogP contribution in [-0.2, 0) is 27.1 Å². The quantitative estimate of drug-likeness (QED) is 0.0167. The molecule has 0 aliphatic heterocycles. The van der Waals surface area contributed by atoms with Gasteiger partial charge < -0.3 is 51.6 Å². The molecule has 10 aromatic carbocycles. The molecule has 0 aliphatic rings. The number of rotatable bonds is 28. The standard InChI is InChI=1S/C24H33N.C19H22Br2N2.C19H24N2.C19H22N2.C17H20N2/c1-5-8-19(3)9-7-18-24(6-2,21-12-10-20(4)11-13-21)22-14-16-23(25)17-15-22;1-3-9-19(10-4-2,13-5-7-17(22)15(20)11-13)14-6-8-18(23)16(21)12-14;1-13(2)14(3)19(4,15-5-9-17(20)10-6-15)16-7-11-18(21)12-8-16;1-3-13-19(14-4-2,15-5-9-17(20)10-6-15)16-7-11-18(21)12-8-16;1-3-12-17(2,13-4-8-15(18)9-5-13)14-6-10-16(19)11-7-14/h7,9-17,19H,5-6,8,18,25H2,1-4H3;3,5-8,11-12H,1,4,9-10,22-23H2,2H3;5-12,14H,1,20-21H2,2-4H3;3-12H,1-2,13-14,20-21H2;3-11H,1,12,18-19H2,2H3/b9-7+;;;;. The Labute approximate surface area is 670 Å². The summed E-state index contributed by atoms with van der Waals surface area (Å²) in [6.07, 6.45) is 22.7. The Kier molecular flexibility index (Phi) is 33.3. The number of benzene rings is 10. The van der Waals surface area contributed by atoms with Crippen molar-refractivity contribution in [2.24, 2.45) is 11.8 Å². The van der Waals surface area contributed by atoms with Gasteiger partial charge in [-0.2, -0.15) is 0 Å². The number of hydrogen-bond donors (Lipinski definition) is 9. The molecule has 10 aromatic rings. The minimum Gasteiger partial charge on any atom is -0.399 e. The average Bonchev–Trinajstić information content (AvgIpc) is 0.742. The molecule has 9 nitrogen and oxygen atoms in total. The van der Waals surface area contributed by atoms with Crippen LogP contribution in [0.25, 0.3) is 0 Å². The molecule has 0 aliphatic carbocycles. The van der Waals surface area contributed by atoms with Gasteiger partial charge in [0.1, 0.15) is 0 Å². The molecule has 572 valence electrons. The van der Waals surface area contributed by atoms with E-state index in [1.54, 1.807) is 0 Å². The number of anilines is 9. The van der Waals surface area contributed by atoms with Gasteiger partial charge in [-0.25, -0.2) is 0 Å². The highest BCUT2D eigenvalue weighted by atomic mass is 79.9. The van der Waals surface area contributed by atoms with Crippen LogP contribution in [0.1, 0.15) is 181 Å². The van der Waals surface area contributed by atoms with Gasteiger partial charge in [-0.1, -0.05) is 237 Å². The molecule has 0 amide bonds. The first-order valence-corrected chi connectivity index (χ1v) is 39.5. The summed E-state index contributed by atoms with van der Waals surface area (Å²) in [5.41, 5.74) is 74.1. The normalized spacial score (nSPS) is 12.5. The molecule has 18 N–H and O–H groups in total. The van der Waals surface area contributed by atoms with Gasteiger partial charge in [0.25, 0.3) is 0 Å². The average molecular weight is 1580 g/mol. The smallest absolute Gasteiger partial charge is 0.0458 e. The first kappa shape index (κ1) is 87.7. The van der Waals surface area contributed by atoms with Crippen molar-refractivity contribution < 1.29 is 0 Å². The second kappa shape index (κ2) is 41.4. The summed E-state index contributed by atoms with van der Waals surface area (Å²) in [5.74, 6) is 0.939. The Morgan fingerprint density at radius 1 is 0.376 bits per heavy atom. The molecule has 3 atom stereocenters. The molecule has 0 saturated heterocycles. The molecule has 3 unspecified atom stereocenters. The molecular weight excluding hydrogens is 1460 g/mol. The van der Waals surface area contributed by atoms with Crippen LogP contribution in [0.4, 0.5) is 51.2 Å². The van der Waals surface area contributed by atoms with E-state index in [2.05, 4.69) is 273 Å². The van der Waals surface area contributed by atoms with E-state index in [-0.39, 0.29) is 27.1 Å². The number of nitrogen functional groups attached to an aromatic ring is 9. The lowest BCUT2D eigenvalue weighted by molar-refractivity contribution is 0.427. The van der Waals surface area contributed by atoms with Crippen molar-refractivity contribution in [3.05, 3.63) is 376 Å². The third-order valence-corrected chi connectivity index (χ3v) is 23.2. The molecule has 0 radical (unpaired) electrons. The second-order valence-electron chi connectivity index (χ2n) is 29.5. The highest BCUT2D eigenvalue weighted by molar-refractivity contribution is 9.11. The molecule has 0 bridgehead atoms. The molecule has 11 heteroatoms. The topological polar surface area (TPSA) is 234 Å². The van der Waals surface area contributed by atoms with Crippen LogP contribution in [-0.4, -0.2) is 0 Å². The summed E-state index contributed by atoms with van der Waals surface area (Å²) in [7, 11) is 0. The van der Waals surface area contributed by atoms with Crippen molar-refractivity contribution >= 4 is 83.0 Å². The van der Waals surface area contributed by atoms with Crippen LogP contribution in [0.15, 0.2) is 314 Å². The van der Waals surface area contributed by atoms with E-state index >= 15 is 0 Å². The van der Waals surface area contributed by atoms with E-state index in [1.807, 2.05) is 121 Å². The predicted octanol–water partition coefficient (Wildman–Crippen LogP) is 25.1. The zero-order valence-corrected chi connectivity index (χ0v) is 69.3. The number of allylic oxidation sites excluding steroid dienone is 7. The monoisotopic (exact) mass is 1580 g/mol. The van der Waals surface area contributed by atoms with Gasteiger partial charge in [0, 0.05) is 87.2 Å². The largest absolute Gasteiger partial charge is 0.399 e. The molecule has 0 aromatic heterocycles. The summed E-state index contributed by atoms with van der Waals surface area (Å²) >= 11 is 7.12. The second-order valence-corrected chi connectivity index (χ2v) is 31.2. The maximum absolute atomic E-state index is 5.97. The first-order valence-electron chi connectivity index (χ1n) is 38.0. The lowest BCUT2D eigenvalue weighted by atomic mass is 9.66. The Morgan fingerprint density at radius 3 is 0.963 bits per heavy atom. The maximum Gasteiger partial charge on any atom is 0.0458 e. The van der Waals surface area contributed by atoms with Gasteiger partial charge in [-0.05, 0) is 274 Å². The summed E-state index contributed by atoms with van der Waals surface area (Å²) < 4.78 is 1.85. The van der Waals surface area contributed by atoms with E-state index in [0.717, 1.165) is 117 Å². The van der Waals surface area contributed by atoms with Crippen molar-refractivity contribution in [2.45, 2.75) is 154 Å². The van der Waals surface area contributed by atoms with Gasteiger partial charge in [0.15, 0.2) is 0 Å². The SMILES string of the molecule is C=C(C)C(C)C(C)(c1ccc(N)cc1)c1ccc(N)cc1.C=CCC(C)(c1ccc(N)cc1)c1ccc(N)cc1.C=CCC(CC=C)(c1ccc(N)cc1)c1ccc(N)cc1.C=CCC(CCC)(c1ccc(N)c(Br)c1)c1ccc(N)c(Br)c1.CCCC(C)/C=C/CC(CC)(c1ccc(C)cc1)c1ccc(N)cc1. The lowest BCUT2D eigenvalue weighted by Crippen LogP contribution is -2.32. The van der Waals surface area contributed by atoms with Gasteiger partial charge in [-0.3, -0.25) is 0 Å². The molecule has 0 spiro atoms. The molecule has 0 fully saturated rings. The molecule has 0 saturated carbocycles. The lowest BCUT2D eigenvalue weighted by Gasteiger charge is -2.37. The van der Waals surface area contributed by atoms with Gasteiger partial charge in [0.05, 0.1) is 0 Å². The summed E-state index contributed by atoms with van der Waals surface area (Å²) in [6, 6.07) is 78.2. The van der Waals surface area contributed by atoms with Crippen molar-refractivity contribution in [1.82, 2.24) is 0 Å². The van der Waals surface area contributed by atoms with Crippen molar-refractivity contribution in [1.29, 1.82) is 0 Å². The number of nitrogens with two attached hydrogens (primary N) is 9. The fourth-order valence-electron chi connectivity index (χ4n) is 14.8. The van der Waals surface area contributed by atoms with Crippen molar-refractivity contribution in [3.8, 4) is 0 Å². The van der Waals surface area contributed by atoms with Crippen LogP contribution < -0.4 is 51.6 Å². The van der Waals surface area contributed by atoms with Crippen LogP contribution in [0.2, 0.25) is 0 Å². The first-order chi connectivity index (χ1) is 52.0. The van der Waals surface area contributed by atoms with Crippen molar-refractivity contribution in [3.63, 3.8) is 0 Å². The van der Waals surface area contributed by atoms with Crippen LogP contribution in [0.3, 0.4) is 0 Å². The van der Waals surface area contributed by atoms with E-state index < -0.39 is 0 Å². The summed E-state index contributed by atoms with van der Waals surface area (Å²) in [6.45, 7) is 39.9. The van der Waals surface area contributed by atoms with Gasteiger partial charge in [-0.15, -0.1) is 26.3 Å².